The molecule has 3 aromatic rings. The third kappa shape index (κ3) is 1.30. The second kappa shape index (κ2) is 3.20. The van der Waals surface area contributed by atoms with Gasteiger partial charge in [0.15, 0.2) is 11.5 Å². The molecule has 4 nitrogen and oxygen atoms in total. The van der Waals surface area contributed by atoms with Crippen molar-refractivity contribution in [2.24, 2.45) is 7.05 Å². The molecule has 0 bridgehead atoms. The van der Waals surface area contributed by atoms with E-state index in [1.54, 1.807) is 6.07 Å². The lowest BCUT2D eigenvalue weighted by Gasteiger charge is -1.96. The maximum Gasteiger partial charge on any atom is 0.194 e. The van der Waals surface area contributed by atoms with Crippen LogP contribution in [0.5, 0.6) is 0 Å². The predicted octanol–water partition coefficient (Wildman–Crippen LogP) is 2.83. The van der Waals surface area contributed by atoms with Gasteiger partial charge in [-0.1, -0.05) is 0 Å². The summed E-state index contributed by atoms with van der Waals surface area (Å²) < 4.78 is 7.52. The maximum absolute atomic E-state index is 11.3. The number of benzene rings is 1. The molecule has 2 heterocycles. The van der Waals surface area contributed by atoms with Gasteiger partial charge in [0.05, 0.1) is 11.0 Å². The molecule has 0 aliphatic carbocycles. The predicted molar refractivity (Wildman–Crippen MR) is 65.2 cm³/mol. The summed E-state index contributed by atoms with van der Waals surface area (Å²) in [5.74, 6) is 1.28. The topological polar surface area (TPSA) is 48.0 Å². The molecule has 0 saturated heterocycles. The normalized spacial score (nSPS) is 11.5. The van der Waals surface area contributed by atoms with Gasteiger partial charge in [-0.05, 0) is 25.1 Å². The first-order chi connectivity index (χ1) is 8.08. The van der Waals surface area contributed by atoms with Gasteiger partial charge in [0.25, 0.3) is 0 Å². The summed E-state index contributed by atoms with van der Waals surface area (Å²) in [5.41, 5.74) is 2.66. The van der Waals surface area contributed by atoms with Crippen molar-refractivity contribution in [3.05, 3.63) is 29.8 Å². The molecule has 0 aliphatic rings. The van der Waals surface area contributed by atoms with E-state index in [9.17, 15) is 4.79 Å². The molecule has 0 saturated carbocycles. The second-order valence-electron chi connectivity index (χ2n) is 4.23. The Kier molecular flexibility index (Phi) is 1.90. The van der Waals surface area contributed by atoms with E-state index < -0.39 is 0 Å². The van der Waals surface area contributed by atoms with Gasteiger partial charge in [-0.2, -0.15) is 0 Å². The molecule has 0 spiro atoms. The number of rotatable bonds is 1. The van der Waals surface area contributed by atoms with E-state index in [2.05, 4.69) is 4.98 Å². The van der Waals surface area contributed by atoms with Crippen LogP contribution in [0.25, 0.3) is 22.0 Å². The Morgan fingerprint density at radius 3 is 2.88 bits per heavy atom. The minimum absolute atomic E-state index is 0.0618. The van der Waals surface area contributed by atoms with Gasteiger partial charge < -0.3 is 8.98 Å². The van der Waals surface area contributed by atoms with Crippen LogP contribution in [0, 0.1) is 6.92 Å². The molecule has 1 aromatic carbocycles. The van der Waals surface area contributed by atoms with Crippen LogP contribution >= 0.6 is 0 Å². The first-order valence-corrected chi connectivity index (χ1v) is 5.44. The number of hydrogen-bond donors (Lipinski definition) is 0. The van der Waals surface area contributed by atoms with Crippen molar-refractivity contribution in [3.63, 3.8) is 0 Å². The first kappa shape index (κ1) is 10.1. The highest BCUT2D eigenvalue weighted by Crippen LogP contribution is 2.28. The van der Waals surface area contributed by atoms with Crippen LogP contribution in [0.3, 0.4) is 0 Å². The smallest absolute Gasteiger partial charge is 0.194 e. The van der Waals surface area contributed by atoms with Crippen LogP contribution in [0.1, 0.15) is 23.3 Å². The zero-order chi connectivity index (χ0) is 12.2. The summed E-state index contributed by atoms with van der Waals surface area (Å²) in [6.07, 6.45) is 0. The third-order valence-electron chi connectivity index (χ3n) is 3.10. The molecule has 0 atom stereocenters. The highest BCUT2D eigenvalue weighted by Gasteiger charge is 2.14. The number of nitrogens with zero attached hydrogens (tertiary/aromatic N) is 2. The highest BCUT2D eigenvalue weighted by molar-refractivity contribution is 6.06. The lowest BCUT2D eigenvalue weighted by atomic mass is 10.2. The van der Waals surface area contributed by atoms with Crippen LogP contribution in [-0.2, 0) is 7.05 Å². The van der Waals surface area contributed by atoms with E-state index >= 15 is 0 Å². The number of hydrogen-bond acceptors (Lipinski definition) is 3. The van der Waals surface area contributed by atoms with Gasteiger partial charge in [0.2, 0.25) is 0 Å². The molecule has 2 aromatic heterocycles. The van der Waals surface area contributed by atoms with Gasteiger partial charge in [-0.25, -0.2) is 4.98 Å². The molecule has 3 rings (SSSR count). The third-order valence-corrected chi connectivity index (χ3v) is 3.10. The molecule has 0 fully saturated rings. The highest BCUT2D eigenvalue weighted by atomic mass is 16.3. The number of ketones is 1. The summed E-state index contributed by atoms with van der Waals surface area (Å²) in [4.78, 5) is 15.8. The summed E-state index contributed by atoms with van der Waals surface area (Å²) >= 11 is 0. The standard InChI is InChI=1S/C13H12N2O2/c1-7(16)12-6-9-11(17-12)5-4-10-13(9)15(3)8(2)14-10/h4-6H,1-3H3. The molecule has 0 N–H and O–H groups in total. The van der Waals surface area contributed by atoms with Gasteiger partial charge in [0.1, 0.15) is 11.4 Å². The van der Waals surface area contributed by atoms with Gasteiger partial charge in [-0.3, -0.25) is 4.79 Å². The van der Waals surface area contributed by atoms with Crippen molar-refractivity contribution < 1.29 is 9.21 Å². The van der Waals surface area contributed by atoms with Crippen LogP contribution < -0.4 is 0 Å². The Balaban J connectivity index is 2.49. The minimum Gasteiger partial charge on any atom is -0.453 e. The Morgan fingerprint density at radius 2 is 2.18 bits per heavy atom. The zero-order valence-corrected chi connectivity index (χ0v) is 9.94. The Bertz CT molecular complexity index is 750. The Hall–Kier alpha value is -2.10. The molecule has 17 heavy (non-hydrogen) atoms. The largest absolute Gasteiger partial charge is 0.453 e. The molecule has 0 unspecified atom stereocenters. The van der Waals surface area contributed by atoms with Gasteiger partial charge in [-0.15, -0.1) is 0 Å². The number of aryl methyl sites for hydroxylation is 2. The second-order valence-corrected chi connectivity index (χ2v) is 4.23. The fraction of sp³-hybridized carbons (Fsp3) is 0.231. The van der Waals surface area contributed by atoms with E-state index in [1.165, 1.54) is 6.92 Å². The number of carbonyl (C=O) groups is 1. The molecule has 0 amide bonds. The van der Waals surface area contributed by atoms with Crippen LogP contribution in [-0.4, -0.2) is 15.3 Å². The van der Waals surface area contributed by atoms with Crippen molar-refractivity contribution >= 4 is 27.8 Å². The lowest BCUT2D eigenvalue weighted by Crippen LogP contribution is -1.90. The van der Waals surface area contributed by atoms with Crippen LogP contribution in [0.2, 0.25) is 0 Å². The Labute approximate surface area is 97.8 Å². The van der Waals surface area contributed by atoms with Gasteiger partial charge in [0, 0.05) is 19.4 Å². The Morgan fingerprint density at radius 1 is 1.41 bits per heavy atom. The minimum atomic E-state index is -0.0618. The summed E-state index contributed by atoms with van der Waals surface area (Å²) in [6.45, 7) is 3.46. The van der Waals surface area contributed by atoms with Crippen molar-refractivity contribution in [1.29, 1.82) is 0 Å². The van der Waals surface area contributed by atoms with Crippen molar-refractivity contribution in [2.75, 3.05) is 0 Å². The SMILES string of the molecule is CC(=O)c1cc2c(ccc3nc(C)n(C)c32)o1. The lowest BCUT2D eigenvalue weighted by molar-refractivity contribution is 0.0989. The zero-order valence-electron chi connectivity index (χ0n) is 9.94. The number of Topliss-reactive ketones (excluding diaryl/α,β-unsaturated/α-hetero) is 1. The summed E-state index contributed by atoms with van der Waals surface area (Å²) in [6, 6.07) is 5.57. The molecule has 0 aliphatic heterocycles. The number of aromatic nitrogens is 2. The quantitative estimate of drug-likeness (QED) is 0.602. The van der Waals surface area contributed by atoms with Crippen molar-refractivity contribution in [3.8, 4) is 0 Å². The van der Waals surface area contributed by atoms with Gasteiger partial charge >= 0.3 is 0 Å². The fourth-order valence-electron chi connectivity index (χ4n) is 2.11. The number of carbonyl (C=O) groups excluding carboxylic acids is 1. The summed E-state index contributed by atoms with van der Waals surface area (Å²) in [7, 11) is 1.96. The average molecular weight is 228 g/mol. The fourth-order valence-corrected chi connectivity index (χ4v) is 2.11. The number of fused-ring (bicyclic) bond motifs is 3. The number of imidazole rings is 1. The van der Waals surface area contributed by atoms with Crippen molar-refractivity contribution in [2.45, 2.75) is 13.8 Å². The molecule has 86 valence electrons. The van der Waals surface area contributed by atoms with E-state index in [0.717, 1.165) is 27.8 Å². The van der Waals surface area contributed by atoms with E-state index in [1.807, 2.05) is 30.7 Å². The molecule has 0 radical (unpaired) electrons. The summed E-state index contributed by atoms with van der Waals surface area (Å²) in [5, 5.41) is 0.941. The van der Waals surface area contributed by atoms with E-state index in [4.69, 9.17) is 4.42 Å². The van der Waals surface area contributed by atoms with Crippen molar-refractivity contribution in [1.82, 2.24) is 9.55 Å². The molecule has 4 heteroatoms. The molecular formula is C13H12N2O2. The average Bonchev–Trinajstić information content (AvgIpc) is 2.81. The molecular weight excluding hydrogens is 216 g/mol. The van der Waals surface area contributed by atoms with E-state index in [0.29, 0.717) is 5.76 Å². The number of furan rings is 1. The first-order valence-electron chi connectivity index (χ1n) is 5.44. The monoisotopic (exact) mass is 228 g/mol. The van der Waals surface area contributed by atoms with Crippen LogP contribution in [0.4, 0.5) is 0 Å². The maximum atomic E-state index is 11.3. The van der Waals surface area contributed by atoms with E-state index in [-0.39, 0.29) is 5.78 Å². The van der Waals surface area contributed by atoms with Crippen LogP contribution in [0.15, 0.2) is 22.6 Å².